The van der Waals surface area contributed by atoms with Crippen LogP contribution in [0, 0.1) is 0 Å². The highest BCUT2D eigenvalue weighted by atomic mass is 32.1. The number of nitrogens with one attached hydrogen (secondary N) is 1. The van der Waals surface area contributed by atoms with Gasteiger partial charge in [0, 0.05) is 11.9 Å². The van der Waals surface area contributed by atoms with Gasteiger partial charge in [-0.05, 0) is 59.5 Å². The second-order valence-corrected chi connectivity index (χ2v) is 9.32. The summed E-state index contributed by atoms with van der Waals surface area (Å²) in [7, 11) is 1.75. The van der Waals surface area contributed by atoms with Gasteiger partial charge in [0.15, 0.2) is 5.82 Å². The molecule has 3 aromatic heterocycles. The largest absolute Gasteiger partial charge is 0.298 e. The monoisotopic (exact) mass is 441 g/mol. The topological polar surface area (TPSA) is 64.2 Å². The van der Waals surface area contributed by atoms with Gasteiger partial charge in [-0.2, -0.15) is 0 Å². The predicted molar refractivity (Wildman–Crippen MR) is 127 cm³/mol. The first-order valence-corrected chi connectivity index (χ1v) is 11.8. The molecule has 0 aliphatic heterocycles. The molecule has 1 unspecified atom stereocenters. The zero-order valence-electron chi connectivity index (χ0n) is 17.8. The van der Waals surface area contributed by atoms with Crippen molar-refractivity contribution in [3.05, 3.63) is 97.7 Å². The third kappa shape index (κ3) is 3.08. The number of aryl methyl sites for hydroxylation is 3. The van der Waals surface area contributed by atoms with Crippen molar-refractivity contribution in [2.24, 2.45) is 7.05 Å². The van der Waals surface area contributed by atoms with Crippen LogP contribution in [0.1, 0.15) is 39.9 Å². The van der Waals surface area contributed by atoms with E-state index in [4.69, 9.17) is 0 Å². The van der Waals surface area contributed by atoms with Gasteiger partial charge in [-0.1, -0.05) is 36.4 Å². The SMILES string of the molecule is Cn1c(=O)c2ccccc2n2c(CNC(c3ccc4c(c3)CCC4)c3cccs3)nnc12. The Hall–Kier alpha value is -3.29. The fourth-order valence-corrected chi connectivity index (χ4v) is 5.64. The standard InChI is InChI=1S/C25H23N5OS/c1-29-24(31)19-8-2-3-9-20(19)30-22(27-28-25(29)30)15-26-23(21-10-5-13-32-21)18-12-11-16-6-4-7-17(16)14-18/h2-3,5,8-14,23,26H,4,6-7,15H2,1H3. The Labute approximate surface area is 189 Å². The highest BCUT2D eigenvalue weighted by Gasteiger charge is 2.20. The Morgan fingerprint density at radius 3 is 2.81 bits per heavy atom. The molecule has 0 saturated carbocycles. The highest BCUT2D eigenvalue weighted by Crippen LogP contribution is 2.31. The van der Waals surface area contributed by atoms with Gasteiger partial charge in [-0.25, -0.2) is 0 Å². The molecule has 0 amide bonds. The molecular formula is C25H23N5OS. The highest BCUT2D eigenvalue weighted by molar-refractivity contribution is 7.10. The van der Waals surface area contributed by atoms with Gasteiger partial charge in [-0.15, -0.1) is 21.5 Å². The lowest BCUT2D eigenvalue weighted by atomic mass is 10.00. The molecule has 32 heavy (non-hydrogen) atoms. The third-order valence-electron chi connectivity index (χ3n) is 6.44. The van der Waals surface area contributed by atoms with Crippen molar-refractivity contribution in [1.82, 2.24) is 24.5 Å². The van der Waals surface area contributed by atoms with E-state index in [1.807, 2.05) is 28.7 Å². The second-order valence-electron chi connectivity index (χ2n) is 8.34. The van der Waals surface area contributed by atoms with E-state index in [9.17, 15) is 4.79 Å². The summed E-state index contributed by atoms with van der Waals surface area (Å²) in [5, 5.41) is 15.3. The predicted octanol–water partition coefficient (Wildman–Crippen LogP) is 4.01. The summed E-state index contributed by atoms with van der Waals surface area (Å²) in [6.07, 6.45) is 3.59. The van der Waals surface area contributed by atoms with Crippen LogP contribution in [-0.2, 0) is 26.4 Å². The molecule has 0 bridgehead atoms. The molecule has 1 aliphatic rings. The van der Waals surface area contributed by atoms with Gasteiger partial charge in [0.05, 0.1) is 23.5 Å². The van der Waals surface area contributed by atoms with Gasteiger partial charge < -0.3 is 0 Å². The minimum atomic E-state index is -0.0605. The van der Waals surface area contributed by atoms with Crippen LogP contribution in [0.5, 0.6) is 0 Å². The molecule has 160 valence electrons. The summed E-state index contributed by atoms with van der Waals surface area (Å²) in [4.78, 5) is 14.0. The molecule has 7 heteroatoms. The van der Waals surface area contributed by atoms with Crippen LogP contribution in [-0.4, -0.2) is 19.2 Å². The van der Waals surface area contributed by atoms with E-state index in [0.717, 1.165) is 17.8 Å². The van der Waals surface area contributed by atoms with Gasteiger partial charge in [0.2, 0.25) is 5.78 Å². The van der Waals surface area contributed by atoms with Gasteiger partial charge in [0.25, 0.3) is 5.56 Å². The summed E-state index contributed by atoms with van der Waals surface area (Å²) < 4.78 is 3.55. The zero-order valence-corrected chi connectivity index (χ0v) is 18.6. The maximum Gasteiger partial charge on any atom is 0.262 e. The number of nitrogens with zero attached hydrogens (tertiary/aromatic N) is 4. The van der Waals surface area contributed by atoms with Crippen molar-refractivity contribution in [2.75, 3.05) is 0 Å². The molecule has 3 heterocycles. The fraction of sp³-hybridized carbons (Fsp3) is 0.240. The van der Waals surface area contributed by atoms with E-state index in [1.165, 1.54) is 34.4 Å². The number of aromatic nitrogens is 4. The smallest absolute Gasteiger partial charge is 0.262 e. The maximum atomic E-state index is 12.7. The van der Waals surface area contributed by atoms with Crippen molar-refractivity contribution < 1.29 is 0 Å². The first kappa shape index (κ1) is 19.4. The fourth-order valence-electron chi connectivity index (χ4n) is 4.81. The van der Waals surface area contributed by atoms with Crippen LogP contribution < -0.4 is 10.9 Å². The van der Waals surface area contributed by atoms with Gasteiger partial charge in [-0.3, -0.25) is 19.1 Å². The average Bonchev–Trinajstić information content (AvgIpc) is 3.58. The van der Waals surface area contributed by atoms with E-state index in [2.05, 4.69) is 51.2 Å². The van der Waals surface area contributed by atoms with E-state index >= 15 is 0 Å². The normalized spacial score (nSPS) is 14.3. The number of hydrogen-bond donors (Lipinski definition) is 1. The quantitative estimate of drug-likeness (QED) is 0.448. The number of fused-ring (bicyclic) bond motifs is 4. The van der Waals surface area contributed by atoms with Crippen LogP contribution >= 0.6 is 11.3 Å². The molecule has 2 aromatic carbocycles. The lowest BCUT2D eigenvalue weighted by Gasteiger charge is -2.19. The van der Waals surface area contributed by atoms with Crippen molar-refractivity contribution in [3.8, 4) is 0 Å². The third-order valence-corrected chi connectivity index (χ3v) is 7.38. The second kappa shape index (κ2) is 7.69. The van der Waals surface area contributed by atoms with Crippen LogP contribution in [0.3, 0.4) is 0 Å². The molecule has 1 atom stereocenters. The first-order valence-electron chi connectivity index (χ1n) is 10.9. The summed E-state index contributed by atoms with van der Waals surface area (Å²) in [6.45, 7) is 0.531. The first-order chi connectivity index (χ1) is 15.7. The van der Waals surface area contributed by atoms with Gasteiger partial charge in [0.1, 0.15) is 0 Å². The van der Waals surface area contributed by atoms with E-state index in [-0.39, 0.29) is 11.6 Å². The molecule has 0 spiro atoms. The number of rotatable bonds is 5. The van der Waals surface area contributed by atoms with Crippen molar-refractivity contribution in [2.45, 2.75) is 31.8 Å². The van der Waals surface area contributed by atoms with E-state index in [0.29, 0.717) is 17.7 Å². The molecular weight excluding hydrogens is 418 g/mol. The Morgan fingerprint density at radius 2 is 1.94 bits per heavy atom. The zero-order chi connectivity index (χ0) is 21.7. The van der Waals surface area contributed by atoms with Crippen LogP contribution in [0.4, 0.5) is 0 Å². The minimum absolute atomic E-state index is 0.0605. The summed E-state index contributed by atoms with van der Waals surface area (Å²) in [5.74, 6) is 1.34. The van der Waals surface area contributed by atoms with Crippen molar-refractivity contribution >= 4 is 28.0 Å². The van der Waals surface area contributed by atoms with Crippen molar-refractivity contribution in [3.63, 3.8) is 0 Å². The Balaban J connectivity index is 1.41. The van der Waals surface area contributed by atoms with Crippen LogP contribution in [0.25, 0.3) is 16.7 Å². The summed E-state index contributed by atoms with van der Waals surface area (Å²) in [5.41, 5.74) is 5.00. The number of benzene rings is 2. The minimum Gasteiger partial charge on any atom is -0.298 e. The molecule has 1 aliphatic carbocycles. The average molecular weight is 442 g/mol. The van der Waals surface area contributed by atoms with Crippen molar-refractivity contribution in [1.29, 1.82) is 0 Å². The molecule has 0 saturated heterocycles. The van der Waals surface area contributed by atoms with E-state index < -0.39 is 0 Å². The van der Waals surface area contributed by atoms with Crippen LogP contribution in [0.15, 0.2) is 64.8 Å². The molecule has 0 fully saturated rings. The summed E-state index contributed by atoms with van der Waals surface area (Å²) in [6, 6.07) is 18.9. The molecule has 6 rings (SSSR count). The number of hydrogen-bond acceptors (Lipinski definition) is 5. The molecule has 6 nitrogen and oxygen atoms in total. The Bertz CT molecular complexity index is 1500. The lowest BCUT2D eigenvalue weighted by molar-refractivity contribution is 0.591. The number of para-hydroxylation sites is 1. The van der Waals surface area contributed by atoms with Gasteiger partial charge >= 0.3 is 0 Å². The maximum absolute atomic E-state index is 12.7. The summed E-state index contributed by atoms with van der Waals surface area (Å²) >= 11 is 1.76. The Kier molecular flexibility index (Phi) is 4.66. The van der Waals surface area contributed by atoms with Crippen LogP contribution in [0.2, 0.25) is 0 Å². The molecule has 5 aromatic rings. The molecule has 0 radical (unpaired) electrons. The number of thiophene rings is 1. The Morgan fingerprint density at radius 1 is 1.06 bits per heavy atom. The van der Waals surface area contributed by atoms with E-state index in [1.54, 1.807) is 23.0 Å². The lowest BCUT2D eigenvalue weighted by Crippen LogP contribution is -2.24. The molecule has 1 N–H and O–H groups in total.